The number of nitro benzene ring substituents is 1. The molecule has 5 N–H and O–H groups in total. The summed E-state index contributed by atoms with van der Waals surface area (Å²) in [5.41, 5.74) is 1.72. The molecule has 0 radical (unpaired) electrons. The summed E-state index contributed by atoms with van der Waals surface area (Å²) in [5, 5.41) is 29.5. The van der Waals surface area contributed by atoms with E-state index in [2.05, 4.69) is 15.9 Å². The van der Waals surface area contributed by atoms with Crippen molar-refractivity contribution in [2.24, 2.45) is 0 Å². The summed E-state index contributed by atoms with van der Waals surface area (Å²) in [5.74, 6) is -3.86. The van der Waals surface area contributed by atoms with Crippen molar-refractivity contribution in [2.75, 3.05) is 5.73 Å². The SMILES string of the molecule is Nc1[nH]c(=O)c(C(=O)O)c(-c2cc([N+](=O)[O-])ccc2Br)c1C(=O)O. The molecule has 11 heteroatoms. The summed E-state index contributed by atoms with van der Waals surface area (Å²) in [6.07, 6.45) is 0. The Morgan fingerprint density at radius 2 is 1.79 bits per heavy atom. The Bertz CT molecular complexity index is 951. The van der Waals surface area contributed by atoms with Crippen LogP contribution in [-0.2, 0) is 0 Å². The van der Waals surface area contributed by atoms with Gasteiger partial charge in [-0.05, 0) is 6.07 Å². The van der Waals surface area contributed by atoms with Crippen molar-refractivity contribution in [3.63, 3.8) is 0 Å². The molecule has 24 heavy (non-hydrogen) atoms. The minimum atomic E-state index is -1.70. The maximum atomic E-state index is 11.9. The molecule has 0 spiro atoms. The van der Waals surface area contributed by atoms with Crippen LogP contribution >= 0.6 is 15.9 Å². The second-order valence-corrected chi connectivity index (χ2v) is 5.38. The summed E-state index contributed by atoms with van der Waals surface area (Å²) >= 11 is 3.07. The van der Waals surface area contributed by atoms with Gasteiger partial charge in [0, 0.05) is 27.7 Å². The molecule has 0 saturated carbocycles. The molecule has 0 fully saturated rings. The highest BCUT2D eigenvalue weighted by atomic mass is 79.9. The van der Waals surface area contributed by atoms with Gasteiger partial charge in [0.25, 0.3) is 11.2 Å². The molecular formula is C13H8BrN3O7. The number of carboxylic acid groups (broad SMARTS) is 2. The Balaban J connectivity index is 3.05. The van der Waals surface area contributed by atoms with Crippen molar-refractivity contribution in [1.29, 1.82) is 0 Å². The van der Waals surface area contributed by atoms with Crippen LogP contribution in [0.25, 0.3) is 11.1 Å². The van der Waals surface area contributed by atoms with E-state index in [9.17, 15) is 34.7 Å². The Labute approximate surface area is 140 Å². The predicted octanol–water partition coefficient (Wildman–Crippen LogP) is 1.69. The van der Waals surface area contributed by atoms with E-state index in [4.69, 9.17) is 5.73 Å². The van der Waals surface area contributed by atoms with E-state index >= 15 is 0 Å². The summed E-state index contributed by atoms with van der Waals surface area (Å²) in [6, 6.07) is 3.32. The van der Waals surface area contributed by atoms with Gasteiger partial charge in [-0.1, -0.05) is 15.9 Å². The standard InChI is InChI=1S/C13H8BrN3O7/c14-6-2-1-4(17(23)24)3-5(6)7-8(12(19)20)10(15)16-11(18)9(7)13(21)22/h1-3H,(H,19,20)(H,21,22)(H3,15,16,18). The third kappa shape index (κ3) is 2.84. The van der Waals surface area contributed by atoms with Crippen LogP contribution in [0.5, 0.6) is 0 Å². The Morgan fingerprint density at radius 3 is 2.29 bits per heavy atom. The Kier molecular flexibility index (Phi) is 4.37. The molecule has 0 aliphatic rings. The molecule has 124 valence electrons. The van der Waals surface area contributed by atoms with E-state index in [1.165, 1.54) is 6.07 Å². The average molecular weight is 398 g/mol. The fourth-order valence-corrected chi connectivity index (χ4v) is 2.58. The van der Waals surface area contributed by atoms with Crippen molar-refractivity contribution in [3.8, 4) is 11.1 Å². The first-order chi connectivity index (χ1) is 11.1. The Hall–Kier alpha value is -3.21. The minimum Gasteiger partial charge on any atom is -0.478 e. The number of halogens is 1. The molecule has 10 nitrogen and oxygen atoms in total. The highest BCUT2D eigenvalue weighted by Crippen LogP contribution is 2.36. The number of aromatic amines is 1. The lowest BCUT2D eigenvalue weighted by atomic mass is 9.95. The third-order valence-corrected chi connectivity index (χ3v) is 3.79. The van der Waals surface area contributed by atoms with Gasteiger partial charge in [-0.25, -0.2) is 9.59 Å². The molecule has 0 aliphatic carbocycles. The number of carboxylic acids is 2. The number of benzene rings is 1. The second-order valence-electron chi connectivity index (χ2n) is 4.52. The highest BCUT2D eigenvalue weighted by molar-refractivity contribution is 9.10. The number of nitrogens with two attached hydrogens (primary N) is 1. The lowest BCUT2D eigenvalue weighted by Gasteiger charge is -2.13. The number of aromatic nitrogens is 1. The fraction of sp³-hybridized carbons (Fsp3) is 0. The number of pyridine rings is 1. The monoisotopic (exact) mass is 397 g/mol. The molecule has 0 unspecified atom stereocenters. The van der Waals surface area contributed by atoms with Gasteiger partial charge in [0.15, 0.2) is 0 Å². The quantitative estimate of drug-likeness (QED) is 0.444. The lowest BCUT2D eigenvalue weighted by Crippen LogP contribution is -2.24. The van der Waals surface area contributed by atoms with Crippen molar-refractivity contribution >= 4 is 39.4 Å². The smallest absolute Gasteiger partial charge is 0.342 e. The number of rotatable bonds is 4. The summed E-state index contributed by atoms with van der Waals surface area (Å²) in [7, 11) is 0. The van der Waals surface area contributed by atoms with Gasteiger partial charge in [0.1, 0.15) is 16.9 Å². The Morgan fingerprint density at radius 1 is 1.21 bits per heavy atom. The maximum absolute atomic E-state index is 11.9. The molecule has 0 aliphatic heterocycles. The number of non-ortho nitro benzene ring substituents is 1. The van der Waals surface area contributed by atoms with Crippen LogP contribution in [0, 0.1) is 10.1 Å². The number of nitrogen functional groups attached to an aromatic ring is 1. The number of nitrogens with one attached hydrogen (secondary N) is 1. The zero-order valence-corrected chi connectivity index (χ0v) is 13.2. The van der Waals surface area contributed by atoms with Crippen LogP contribution in [0.2, 0.25) is 0 Å². The van der Waals surface area contributed by atoms with Gasteiger partial charge in [0.2, 0.25) is 0 Å². The molecule has 0 saturated heterocycles. The summed E-state index contributed by atoms with van der Waals surface area (Å²) < 4.78 is 0.156. The van der Waals surface area contributed by atoms with Crippen molar-refractivity contribution < 1.29 is 24.7 Å². The van der Waals surface area contributed by atoms with Crippen LogP contribution in [0.4, 0.5) is 11.5 Å². The topological polar surface area (TPSA) is 177 Å². The molecule has 1 heterocycles. The number of nitro groups is 1. The van der Waals surface area contributed by atoms with Crippen molar-refractivity contribution in [3.05, 3.63) is 54.3 Å². The molecule has 1 aromatic carbocycles. The van der Waals surface area contributed by atoms with E-state index in [-0.39, 0.29) is 10.0 Å². The number of nitrogens with zero attached hydrogens (tertiary/aromatic N) is 1. The molecule has 2 rings (SSSR count). The second kappa shape index (κ2) is 6.12. The fourth-order valence-electron chi connectivity index (χ4n) is 2.13. The van der Waals surface area contributed by atoms with Gasteiger partial charge in [-0.15, -0.1) is 0 Å². The van der Waals surface area contributed by atoms with E-state index in [0.717, 1.165) is 12.1 Å². The van der Waals surface area contributed by atoms with Crippen LogP contribution in [0.1, 0.15) is 20.7 Å². The van der Waals surface area contributed by atoms with Crippen LogP contribution in [0.15, 0.2) is 27.5 Å². The average Bonchev–Trinajstić information content (AvgIpc) is 2.45. The number of carbonyl (C=O) groups is 2. The number of hydrogen-bond donors (Lipinski definition) is 4. The van der Waals surface area contributed by atoms with E-state index in [1.807, 2.05) is 4.98 Å². The first kappa shape index (κ1) is 17.1. The van der Waals surface area contributed by atoms with Crippen LogP contribution in [0.3, 0.4) is 0 Å². The third-order valence-electron chi connectivity index (χ3n) is 3.10. The van der Waals surface area contributed by atoms with Crippen LogP contribution < -0.4 is 11.3 Å². The van der Waals surface area contributed by atoms with Crippen LogP contribution in [-0.4, -0.2) is 32.1 Å². The summed E-state index contributed by atoms with van der Waals surface area (Å²) in [6.45, 7) is 0. The first-order valence-corrected chi connectivity index (χ1v) is 6.91. The van der Waals surface area contributed by atoms with E-state index in [0.29, 0.717) is 0 Å². The molecule has 2 aromatic rings. The molecule has 0 atom stereocenters. The molecule has 0 bridgehead atoms. The van der Waals surface area contributed by atoms with E-state index < -0.39 is 50.6 Å². The maximum Gasteiger partial charge on any atom is 0.342 e. The molecule has 1 aromatic heterocycles. The zero-order valence-electron chi connectivity index (χ0n) is 11.6. The largest absolute Gasteiger partial charge is 0.478 e. The van der Waals surface area contributed by atoms with Crippen molar-refractivity contribution in [2.45, 2.75) is 0 Å². The molecule has 0 amide bonds. The van der Waals surface area contributed by atoms with Gasteiger partial charge in [0.05, 0.1) is 4.92 Å². The lowest BCUT2D eigenvalue weighted by molar-refractivity contribution is -0.384. The summed E-state index contributed by atoms with van der Waals surface area (Å²) in [4.78, 5) is 47.0. The van der Waals surface area contributed by atoms with Gasteiger partial charge < -0.3 is 20.9 Å². The predicted molar refractivity (Wildman–Crippen MR) is 85.2 cm³/mol. The highest BCUT2D eigenvalue weighted by Gasteiger charge is 2.28. The van der Waals surface area contributed by atoms with Gasteiger partial charge >= 0.3 is 11.9 Å². The normalized spacial score (nSPS) is 10.4. The van der Waals surface area contributed by atoms with Crippen molar-refractivity contribution in [1.82, 2.24) is 4.98 Å². The van der Waals surface area contributed by atoms with E-state index in [1.54, 1.807) is 0 Å². The minimum absolute atomic E-state index is 0.156. The number of H-pyrrole nitrogens is 1. The zero-order chi connectivity index (χ0) is 18.2. The first-order valence-electron chi connectivity index (χ1n) is 6.11. The van der Waals surface area contributed by atoms with Gasteiger partial charge in [-0.3, -0.25) is 14.9 Å². The molecular weight excluding hydrogens is 390 g/mol. The number of anilines is 1. The number of aromatic carboxylic acids is 2. The number of hydrogen-bond acceptors (Lipinski definition) is 6. The van der Waals surface area contributed by atoms with Gasteiger partial charge in [-0.2, -0.15) is 0 Å².